The van der Waals surface area contributed by atoms with Gasteiger partial charge in [0.25, 0.3) is 5.91 Å². The van der Waals surface area contributed by atoms with E-state index in [9.17, 15) is 4.79 Å². The minimum absolute atomic E-state index is 0.101. The molecular weight excluding hydrogens is 388 g/mol. The SMILES string of the molecule is COc1cc(C(=O)N(C(C)C)C2CCCCC2)ccc1Cn1ccc2ncnc-2c1C. The van der Waals surface area contributed by atoms with Crippen molar-refractivity contribution in [2.75, 3.05) is 7.11 Å². The number of methoxy groups -OCH3 is 1. The second kappa shape index (κ2) is 9.08. The molecule has 164 valence electrons. The van der Waals surface area contributed by atoms with E-state index in [1.165, 1.54) is 19.3 Å². The number of fused-ring (bicyclic) bond motifs is 1. The molecule has 2 heterocycles. The van der Waals surface area contributed by atoms with Crippen LogP contribution in [0.15, 0.2) is 36.8 Å². The van der Waals surface area contributed by atoms with Crippen LogP contribution >= 0.6 is 0 Å². The number of carbonyl (C=O) groups is 1. The predicted molar refractivity (Wildman–Crippen MR) is 122 cm³/mol. The molecular formula is C25H32N4O2. The van der Waals surface area contributed by atoms with Gasteiger partial charge >= 0.3 is 0 Å². The van der Waals surface area contributed by atoms with Crippen LogP contribution in [-0.4, -0.2) is 44.5 Å². The molecule has 0 saturated heterocycles. The summed E-state index contributed by atoms with van der Waals surface area (Å²) in [7, 11) is 1.66. The molecule has 2 aliphatic heterocycles. The number of pyridine rings is 1. The molecule has 0 radical (unpaired) electrons. The van der Waals surface area contributed by atoms with Gasteiger partial charge in [-0.05, 0) is 51.8 Å². The highest BCUT2D eigenvalue weighted by atomic mass is 16.5. The summed E-state index contributed by atoms with van der Waals surface area (Å²) >= 11 is 0. The third-order valence-electron chi connectivity index (χ3n) is 6.45. The smallest absolute Gasteiger partial charge is 0.254 e. The summed E-state index contributed by atoms with van der Waals surface area (Å²) in [5.41, 5.74) is 4.59. The van der Waals surface area contributed by atoms with E-state index in [4.69, 9.17) is 4.74 Å². The number of benzene rings is 1. The topological polar surface area (TPSA) is 60.2 Å². The summed E-state index contributed by atoms with van der Waals surface area (Å²) in [5, 5.41) is 0. The number of amides is 1. The van der Waals surface area contributed by atoms with Crippen LogP contribution in [0.4, 0.5) is 0 Å². The van der Waals surface area contributed by atoms with Gasteiger partial charge in [-0.2, -0.15) is 0 Å². The summed E-state index contributed by atoms with van der Waals surface area (Å²) in [4.78, 5) is 24.2. The lowest BCUT2D eigenvalue weighted by atomic mass is 9.92. The maximum absolute atomic E-state index is 13.4. The molecule has 1 saturated carbocycles. The van der Waals surface area contributed by atoms with Crippen LogP contribution in [0.1, 0.15) is 67.6 Å². The number of nitrogens with zero attached hydrogens (tertiary/aromatic N) is 4. The van der Waals surface area contributed by atoms with Crippen LogP contribution in [0.5, 0.6) is 5.75 Å². The fraction of sp³-hybridized carbons (Fsp3) is 0.480. The average molecular weight is 421 g/mol. The third kappa shape index (κ3) is 4.29. The Hall–Kier alpha value is -2.89. The van der Waals surface area contributed by atoms with E-state index in [0.29, 0.717) is 18.2 Å². The molecule has 1 aromatic carbocycles. The Bertz CT molecular complexity index is 1020. The van der Waals surface area contributed by atoms with Crippen molar-refractivity contribution in [3.63, 3.8) is 0 Å². The highest BCUT2D eigenvalue weighted by Crippen LogP contribution is 2.29. The highest BCUT2D eigenvalue weighted by Gasteiger charge is 2.28. The Balaban J connectivity index is 1.60. The maximum Gasteiger partial charge on any atom is 0.254 e. The van der Waals surface area contributed by atoms with Gasteiger partial charge in [0, 0.05) is 35.1 Å². The lowest BCUT2D eigenvalue weighted by Crippen LogP contribution is -2.45. The number of imidazole rings is 1. The Morgan fingerprint density at radius 2 is 1.97 bits per heavy atom. The Kier molecular flexibility index (Phi) is 6.25. The molecule has 6 nitrogen and oxygen atoms in total. The largest absolute Gasteiger partial charge is 0.496 e. The van der Waals surface area contributed by atoms with Crippen molar-refractivity contribution in [2.24, 2.45) is 0 Å². The van der Waals surface area contributed by atoms with Crippen LogP contribution < -0.4 is 4.74 Å². The van der Waals surface area contributed by atoms with Crippen molar-refractivity contribution in [1.29, 1.82) is 0 Å². The minimum atomic E-state index is 0.101. The number of aromatic nitrogens is 3. The fourth-order valence-corrected chi connectivity index (χ4v) is 4.78. The standard InChI is InChI=1S/C25H32N4O2/c1-17(2)29(21-8-6-5-7-9-21)25(30)19-10-11-20(23(14-19)31-4)15-28-13-12-22-24(18(28)3)27-16-26-22/h10-14,16-17,21H,5-9,15H2,1-4H3. The van der Waals surface area contributed by atoms with Gasteiger partial charge in [0.05, 0.1) is 19.3 Å². The summed E-state index contributed by atoms with van der Waals surface area (Å²) in [6, 6.07) is 8.34. The van der Waals surface area contributed by atoms with Gasteiger partial charge in [-0.1, -0.05) is 25.3 Å². The van der Waals surface area contributed by atoms with E-state index in [2.05, 4.69) is 33.3 Å². The molecule has 4 rings (SSSR count). The zero-order valence-corrected chi connectivity index (χ0v) is 19.0. The lowest BCUT2D eigenvalue weighted by Gasteiger charge is -2.37. The second-order valence-electron chi connectivity index (χ2n) is 8.76. The maximum atomic E-state index is 13.4. The van der Waals surface area contributed by atoms with Gasteiger partial charge in [0.2, 0.25) is 0 Å². The predicted octanol–water partition coefficient (Wildman–Crippen LogP) is 4.93. The van der Waals surface area contributed by atoms with Crippen LogP contribution in [0, 0.1) is 6.92 Å². The third-order valence-corrected chi connectivity index (χ3v) is 6.45. The van der Waals surface area contributed by atoms with E-state index in [1.54, 1.807) is 13.4 Å². The van der Waals surface area contributed by atoms with E-state index < -0.39 is 0 Å². The highest BCUT2D eigenvalue weighted by molar-refractivity contribution is 5.95. The normalized spacial score (nSPS) is 14.9. The van der Waals surface area contributed by atoms with Gasteiger partial charge < -0.3 is 14.2 Å². The van der Waals surface area contributed by atoms with E-state index in [0.717, 1.165) is 41.2 Å². The van der Waals surface area contributed by atoms with Crippen LogP contribution in [0.25, 0.3) is 11.4 Å². The van der Waals surface area contributed by atoms with Crippen molar-refractivity contribution < 1.29 is 9.53 Å². The zero-order valence-electron chi connectivity index (χ0n) is 19.0. The lowest BCUT2D eigenvalue weighted by molar-refractivity contribution is 0.0555. The van der Waals surface area contributed by atoms with Crippen molar-refractivity contribution in [1.82, 2.24) is 19.4 Å². The van der Waals surface area contributed by atoms with Crippen LogP contribution in [-0.2, 0) is 6.54 Å². The van der Waals surface area contributed by atoms with Crippen molar-refractivity contribution in [3.8, 4) is 17.1 Å². The van der Waals surface area contributed by atoms with Gasteiger partial charge in [0.1, 0.15) is 17.8 Å². The molecule has 0 N–H and O–H groups in total. The van der Waals surface area contributed by atoms with Crippen LogP contribution in [0.2, 0.25) is 0 Å². The van der Waals surface area contributed by atoms with Crippen molar-refractivity contribution >= 4 is 5.91 Å². The molecule has 0 bridgehead atoms. The Labute approximate surface area is 184 Å². The number of hydrogen-bond acceptors (Lipinski definition) is 4. The summed E-state index contributed by atoms with van der Waals surface area (Å²) in [6.45, 7) is 6.91. The molecule has 31 heavy (non-hydrogen) atoms. The first-order valence-corrected chi connectivity index (χ1v) is 11.3. The van der Waals surface area contributed by atoms with Crippen LogP contribution in [0.3, 0.4) is 0 Å². The molecule has 0 aromatic heterocycles. The average Bonchev–Trinajstić information content (AvgIpc) is 3.26. The number of rotatable bonds is 6. The molecule has 6 heteroatoms. The summed E-state index contributed by atoms with van der Waals surface area (Å²) < 4.78 is 7.83. The number of hydrogen-bond donors (Lipinski definition) is 0. The molecule has 1 aromatic rings. The van der Waals surface area contributed by atoms with Gasteiger partial charge in [-0.25, -0.2) is 9.97 Å². The number of ether oxygens (including phenoxy) is 1. The minimum Gasteiger partial charge on any atom is -0.496 e. The first-order chi connectivity index (χ1) is 15.0. The number of carbonyl (C=O) groups excluding carboxylic acids is 1. The zero-order chi connectivity index (χ0) is 22.0. The van der Waals surface area contributed by atoms with E-state index >= 15 is 0 Å². The first kappa shape index (κ1) is 21.3. The molecule has 0 spiro atoms. The summed E-state index contributed by atoms with van der Waals surface area (Å²) in [5.74, 6) is 0.836. The fourth-order valence-electron chi connectivity index (χ4n) is 4.78. The second-order valence-corrected chi connectivity index (χ2v) is 8.76. The Morgan fingerprint density at radius 3 is 2.68 bits per heavy atom. The first-order valence-electron chi connectivity index (χ1n) is 11.3. The van der Waals surface area contributed by atoms with Gasteiger partial charge in [0.15, 0.2) is 0 Å². The molecule has 0 atom stereocenters. The molecule has 1 amide bonds. The van der Waals surface area contributed by atoms with Gasteiger partial charge in [-0.3, -0.25) is 4.79 Å². The molecule has 1 fully saturated rings. The van der Waals surface area contributed by atoms with E-state index in [-0.39, 0.29) is 11.9 Å². The van der Waals surface area contributed by atoms with Crippen molar-refractivity contribution in [2.45, 2.75) is 71.5 Å². The van der Waals surface area contributed by atoms with E-state index in [1.807, 2.05) is 37.4 Å². The van der Waals surface area contributed by atoms with Gasteiger partial charge in [-0.15, -0.1) is 0 Å². The molecule has 0 unspecified atom stereocenters. The summed E-state index contributed by atoms with van der Waals surface area (Å²) in [6.07, 6.45) is 9.50. The quantitative estimate of drug-likeness (QED) is 0.567. The monoisotopic (exact) mass is 420 g/mol. The molecule has 1 aliphatic carbocycles. The molecule has 3 aliphatic rings. The Morgan fingerprint density at radius 1 is 1.19 bits per heavy atom. The van der Waals surface area contributed by atoms with Crippen molar-refractivity contribution in [3.05, 3.63) is 53.6 Å².